The van der Waals surface area contributed by atoms with Crippen molar-refractivity contribution in [1.29, 1.82) is 0 Å². The largest absolute Gasteiger partial charge is 0.858 e. The number of nitrogens with zero attached hydrogens (tertiary/aromatic N) is 4. The predicted octanol–water partition coefficient (Wildman–Crippen LogP) is 6.02. The summed E-state index contributed by atoms with van der Waals surface area (Å²) in [6, 6.07) is 36.0. The van der Waals surface area contributed by atoms with Crippen LogP contribution in [-0.4, -0.2) is 27.8 Å². The highest BCUT2D eigenvalue weighted by Gasteiger charge is 2.28. The third kappa shape index (κ3) is 4.91. The summed E-state index contributed by atoms with van der Waals surface area (Å²) >= 11 is 1.49. The molecule has 0 aliphatic rings. The number of hydrogen-bond acceptors (Lipinski definition) is 6. The minimum atomic E-state index is -0.338. The minimum Gasteiger partial charge on any atom is -0.858 e. The van der Waals surface area contributed by atoms with Crippen molar-refractivity contribution in [3.8, 4) is 10.9 Å². The van der Waals surface area contributed by atoms with Gasteiger partial charge in [-0.25, -0.2) is 14.7 Å². The molecular formula is C30H22N4O2S2. The van der Waals surface area contributed by atoms with E-state index >= 15 is 0 Å². The maximum atomic E-state index is 13.0. The van der Waals surface area contributed by atoms with Crippen molar-refractivity contribution in [2.45, 2.75) is 14.7 Å². The van der Waals surface area contributed by atoms with Crippen LogP contribution in [0.25, 0.3) is 15.3 Å². The van der Waals surface area contributed by atoms with E-state index in [9.17, 15) is 5.11 Å². The zero-order chi connectivity index (χ0) is 25.9. The Hall–Kier alpha value is -4.40. The van der Waals surface area contributed by atoms with Crippen LogP contribution in [0.3, 0.4) is 0 Å². The normalized spacial score (nSPS) is 11.8. The Morgan fingerprint density at radius 3 is 2.16 bits per heavy atom. The van der Waals surface area contributed by atoms with Gasteiger partial charge in [-0.05, 0) is 78.2 Å². The van der Waals surface area contributed by atoms with Crippen LogP contribution in [0.15, 0.2) is 135 Å². The van der Waals surface area contributed by atoms with E-state index in [-0.39, 0.29) is 16.8 Å². The SMILES string of the molecule is COc1ccc2nc(-n3ccc(N=C([O-])c4ccc([S+](c5ccccc5)c5ccccc5)cc4)n3)sc2c1. The van der Waals surface area contributed by atoms with E-state index in [1.165, 1.54) is 21.1 Å². The molecule has 6 aromatic rings. The van der Waals surface area contributed by atoms with Crippen molar-refractivity contribution in [1.82, 2.24) is 14.8 Å². The van der Waals surface area contributed by atoms with Crippen LogP contribution >= 0.6 is 11.3 Å². The lowest BCUT2D eigenvalue weighted by Crippen LogP contribution is -2.18. The van der Waals surface area contributed by atoms with Crippen LogP contribution in [0, 0.1) is 0 Å². The Balaban J connectivity index is 1.25. The van der Waals surface area contributed by atoms with Crippen LogP contribution in [0.4, 0.5) is 5.82 Å². The molecule has 4 aromatic carbocycles. The number of rotatable bonds is 7. The van der Waals surface area contributed by atoms with Gasteiger partial charge in [-0.3, -0.25) is 0 Å². The van der Waals surface area contributed by atoms with E-state index < -0.39 is 0 Å². The second-order valence-corrected chi connectivity index (χ2v) is 11.4. The average Bonchev–Trinajstić information content (AvgIpc) is 3.61. The summed E-state index contributed by atoms with van der Waals surface area (Å²) in [5.41, 5.74) is 1.38. The molecule has 0 atom stereocenters. The molecule has 0 radical (unpaired) electrons. The molecule has 38 heavy (non-hydrogen) atoms. The summed E-state index contributed by atoms with van der Waals surface area (Å²) in [6.45, 7) is 0. The standard InChI is InChI=1S/C30H22N4O2S2/c1-36-22-14-17-26-27(20-22)37-30(31-26)34-19-18-28(33-34)32-29(35)21-12-15-25(16-13-21)38(23-8-4-2-5-9-23)24-10-6-3-7-11-24/h2-20H,1H3. The third-order valence-corrected chi connectivity index (χ3v) is 9.10. The van der Waals surface area contributed by atoms with Crippen LogP contribution in [0.1, 0.15) is 5.56 Å². The molecule has 6 nitrogen and oxygen atoms in total. The number of thiazole rings is 1. The predicted molar refractivity (Wildman–Crippen MR) is 151 cm³/mol. The Morgan fingerprint density at radius 2 is 1.50 bits per heavy atom. The van der Waals surface area contributed by atoms with E-state index in [0.717, 1.165) is 20.9 Å². The monoisotopic (exact) mass is 534 g/mol. The highest BCUT2D eigenvalue weighted by molar-refractivity contribution is 7.97. The van der Waals surface area contributed by atoms with Crippen molar-refractivity contribution < 1.29 is 9.84 Å². The fourth-order valence-corrected chi connectivity index (χ4v) is 7.03. The van der Waals surface area contributed by atoms with E-state index in [1.54, 1.807) is 24.1 Å². The molecule has 6 rings (SSSR count). The molecule has 0 bridgehead atoms. The van der Waals surface area contributed by atoms with Gasteiger partial charge in [-0.15, -0.1) is 5.10 Å². The molecule has 0 spiro atoms. The molecule has 0 fully saturated rings. The summed E-state index contributed by atoms with van der Waals surface area (Å²) in [5.74, 6) is 0.777. The molecular weight excluding hydrogens is 512 g/mol. The number of aliphatic imine (C=N–C) groups is 1. The van der Waals surface area contributed by atoms with Gasteiger partial charge >= 0.3 is 0 Å². The topological polar surface area (TPSA) is 75.4 Å². The lowest BCUT2D eigenvalue weighted by molar-refractivity contribution is -0.212. The van der Waals surface area contributed by atoms with E-state index in [0.29, 0.717) is 16.5 Å². The molecule has 0 saturated carbocycles. The third-order valence-electron chi connectivity index (χ3n) is 5.87. The van der Waals surface area contributed by atoms with Gasteiger partial charge in [0.15, 0.2) is 20.5 Å². The van der Waals surface area contributed by atoms with Crippen LogP contribution in [-0.2, 0) is 10.9 Å². The number of benzene rings is 4. The molecule has 0 aliphatic heterocycles. The molecule has 2 heterocycles. The number of methoxy groups -OCH3 is 1. The van der Waals surface area contributed by atoms with Crippen molar-refractivity contribution in [3.05, 3.63) is 121 Å². The fourth-order valence-electron chi connectivity index (χ4n) is 4.02. The lowest BCUT2D eigenvalue weighted by atomic mass is 10.2. The molecule has 0 N–H and O–H groups in total. The molecule has 8 heteroatoms. The summed E-state index contributed by atoms with van der Waals surface area (Å²) in [7, 11) is 1.37. The first-order valence-corrected chi connectivity index (χ1v) is 13.9. The maximum Gasteiger partial charge on any atom is 0.211 e. The van der Waals surface area contributed by atoms with E-state index in [2.05, 4.69) is 63.6 Å². The Morgan fingerprint density at radius 1 is 0.842 bits per heavy atom. The van der Waals surface area contributed by atoms with E-state index in [1.807, 2.05) is 54.6 Å². The molecule has 0 amide bonds. The van der Waals surface area contributed by atoms with Gasteiger partial charge in [0.05, 0.1) is 28.2 Å². The second kappa shape index (κ2) is 10.5. The lowest BCUT2D eigenvalue weighted by Gasteiger charge is -2.12. The van der Waals surface area contributed by atoms with Gasteiger partial charge < -0.3 is 9.84 Å². The zero-order valence-corrected chi connectivity index (χ0v) is 22.0. The first-order valence-electron chi connectivity index (χ1n) is 11.9. The Labute approximate surface area is 226 Å². The van der Waals surface area contributed by atoms with Gasteiger partial charge in [-0.1, -0.05) is 47.7 Å². The molecule has 0 unspecified atom stereocenters. The number of aromatic nitrogens is 3. The van der Waals surface area contributed by atoms with Crippen LogP contribution < -0.4 is 9.84 Å². The Kier molecular flexibility index (Phi) is 6.64. The zero-order valence-electron chi connectivity index (χ0n) is 20.4. The second-order valence-electron chi connectivity index (χ2n) is 8.32. The van der Waals surface area contributed by atoms with Crippen molar-refractivity contribution >= 4 is 44.2 Å². The molecule has 2 aromatic heterocycles. The summed E-state index contributed by atoms with van der Waals surface area (Å²) in [5, 5.41) is 18.1. The summed E-state index contributed by atoms with van der Waals surface area (Å²) in [6.07, 6.45) is 1.76. The highest BCUT2D eigenvalue weighted by Crippen LogP contribution is 2.31. The quantitative estimate of drug-likeness (QED) is 0.143. The average molecular weight is 535 g/mol. The van der Waals surface area contributed by atoms with Crippen molar-refractivity contribution in [2.75, 3.05) is 7.11 Å². The van der Waals surface area contributed by atoms with Crippen molar-refractivity contribution in [2.24, 2.45) is 4.99 Å². The number of ether oxygens (including phenoxy) is 1. The van der Waals surface area contributed by atoms with E-state index in [4.69, 9.17) is 4.74 Å². The highest BCUT2D eigenvalue weighted by atomic mass is 32.2. The Bertz CT molecular complexity index is 1670. The molecule has 0 aliphatic carbocycles. The van der Waals surface area contributed by atoms with Crippen LogP contribution in [0.2, 0.25) is 0 Å². The first kappa shape index (κ1) is 24.0. The van der Waals surface area contributed by atoms with Gasteiger partial charge in [0.2, 0.25) is 5.13 Å². The van der Waals surface area contributed by atoms with Gasteiger partial charge in [0.1, 0.15) is 5.75 Å². The number of fused-ring (bicyclic) bond motifs is 1. The smallest absolute Gasteiger partial charge is 0.211 e. The maximum absolute atomic E-state index is 13.0. The number of hydrogen-bond donors (Lipinski definition) is 0. The fraction of sp³-hybridized carbons (Fsp3) is 0.0333. The van der Waals surface area contributed by atoms with Crippen LogP contribution in [0.5, 0.6) is 5.75 Å². The summed E-state index contributed by atoms with van der Waals surface area (Å²) < 4.78 is 7.93. The van der Waals surface area contributed by atoms with Gasteiger partial charge in [-0.2, -0.15) is 0 Å². The first-order chi connectivity index (χ1) is 18.7. The minimum absolute atomic E-state index is 0.272. The van der Waals surface area contributed by atoms with Gasteiger partial charge in [0, 0.05) is 12.3 Å². The van der Waals surface area contributed by atoms with Gasteiger partial charge in [0.25, 0.3) is 0 Å². The summed E-state index contributed by atoms with van der Waals surface area (Å²) in [4.78, 5) is 12.4. The van der Waals surface area contributed by atoms with Crippen molar-refractivity contribution in [3.63, 3.8) is 0 Å². The molecule has 186 valence electrons. The molecule has 0 saturated heterocycles.